The van der Waals surface area contributed by atoms with E-state index in [0.717, 1.165) is 5.56 Å². The molecule has 0 radical (unpaired) electrons. The van der Waals surface area contributed by atoms with Gasteiger partial charge >= 0.3 is 0 Å². The minimum atomic E-state index is -3.68. The molecule has 1 aliphatic rings. The number of aliphatic hydroxyl groups is 2. The first-order valence-electron chi connectivity index (χ1n) is 6.77. The lowest BCUT2D eigenvalue weighted by molar-refractivity contribution is -0.00731. The molecule has 1 saturated heterocycles. The molecule has 0 bridgehead atoms. The summed E-state index contributed by atoms with van der Waals surface area (Å²) in [5, 5.41) is 19.9. The zero-order chi connectivity index (χ0) is 15.0. The number of hydrogen-bond acceptors (Lipinski definition) is 4. The molecule has 1 aromatic rings. The van der Waals surface area contributed by atoms with E-state index >= 15 is 0 Å². The highest BCUT2D eigenvalue weighted by Gasteiger charge is 2.49. The van der Waals surface area contributed by atoms with E-state index in [4.69, 9.17) is 0 Å². The van der Waals surface area contributed by atoms with Crippen LogP contribution in [0.1, 0.15) is 25.3 Å². The van der Waals surface area contributed by atoms with Crippen LogP contribution in [0.3, 0.4) is 0 Å². The normalized spacial score (nSPS) is 27.9. The van der Waals surface area contributed by atoms with Crippen LogP contribution in [0.4, 0.5) is 0 Å². The summed E-state index contributed by atoms with van der Waals surface area (Å²) in [5.74, 6) is 0. The molecule has 1 aromatic carbocycles. The van der Waals surface area contributed by atoms with Crippen LogP contribution in [-0.2, 0) is 10.0 Å². The highest BCUT2D eigenvalue weighted by atomic mass is 32.2. The Bertz CT molecular complexity index is 569. The van der Waals surface area contributed by atoms with Gasteiger partial charge in [-0.2, -0.15) is 4.31 Å². The first-order valence-corrected chi connectivity index (χ1v) is 8.21. The molecule has 112 valence electrons. The maximum Gasteiger partial charge on any atom is 0.243 e. The van der Waals surface area contributed by atoms with Crippen molar-refractivity contribution in [3.63, 3.8) is 0 Å². The number of sulfonamides is 1. The number of rotatable bonds is 4. The van der Waals surface area contributed by atoms with Crippen LogP contribution in [0.2, 0.25) is 0 Å². The van der Waals surface area contributed by atoms with E-state index in [-0.39, 0.29) is 18.0 Å². The summed E-state index contributed by atoms with van der Waals surface area (Å²) in [6.45, 7) is 3.53. The molecule has 5 nitrogen and oxygen atoms in total. The summed E-state index contributed by atoms with van der Waals surface area (Å²) in [4.78, 5) is 0.196. The van der Waals surface area contributed by atoms with E-state index in [2.05, 4.69) is 0 Å². The number of nitrogens with zero attached hydrogens (tertiary/aromatic N) is 1. The Balaban J connectivity index is 2.37. The van der Waals surface area contributed by atoms with E-state index in [9.17, 15) is 18.6 Å². The second-order valence-electron chi connectivity index (χ2n) is 5.33. The van der Waals surface area contributed by atoms with Crippen LogP contribution in [0.5, 0.6) is 0 Å². The van der Waals surface area contributed by atoms with Crippen LogP contribution in [0, 0.1) is 6.92 Å². The first kappa shape index (κ1) is 15.4. The third kappa shape index (κ3) is 2.48. The average molecular weight is 299 g/mol. The molecule has 0 aliphatic carbocycles. The molecule has 0 saturated carbocycles. The Morgan fingerprint density at radius 3 is 2.45 bits per heavy atom. The van der Waals surface area contributed by atoms with Crippen molar-refractivity contribution in [2.45, 2.75) is 43.2 Å². The Hall–Kier alpha value is -0.950. The van der Waals surface area contributed by atoms with Crippen molar-refractivity contribution in [3.05, 3.63) is 29.8 Å². The molecule has 0 amide bonds. The fraction of sp³-hybridized carbons (Fsp3) is 0.571. The van der Waals surface area contributed by atoms with Gasteiger partial charge in [-0.05, 0) is 31.9 Å². The van der Waals surface area contributed by atoms with Crippen molar-refractivity contribution < 1.29 is 18.6 Å². The zero-order valence-electron chi connectivity index (χ0n) is 11.8. The van der Waals surface area contributed by atoms with Crippen molar-refractivity contribution in [1.82, 2.24) is 4.31 Å². The van der Waals surface area contributed by atoms with Crippen LogP contribution in [-0.4, -0.2) is 47.7 Å². The fourth-order valence-electron chi connectivity index (χ4n) is 2.70. The number of hydrogen-bond donors (Lipinski definition) is 2. The Labute approximate surface area is 119 Å². The number of aliphatic hydroxyl groups excluding tert-OH is 1. The summed E-state index contributed by atoms with van der Waals surface area (Å²) >= 11 is 0. The number of benzene rings is 1. The van der Waals surface area contributed by atoms with Crippen LogP contribution >= 0.6 is 0 Å². The minimum absolute atomic E-state index is 0.196. The van der Waals surface area contributed by atoms with Gasteiger partial charge < -0.3 is 10.2 Å². The maximum atomic E-state index is 12.6. The quantitative estimate of drug-likeness (QED) is 0.865. The van der Waals surface area contributed by atoms with Gasteiger partial charge in [-0.3, -0.25) is 0 Å². The third-order valence-electron chi connectivity index (χ3n) is 4.15. The van der Waals surface area contributed by atoms with Gasteiger partial charge in [-0.1, -0.05) is 24.6 Å². The SMILES string of the molecule is CC[C@@]1(O)CCN(S(=O)(=O)c2ccc(C)cc2)[C@@H]1CO. The van der Waals surface area contributed by atoms with Crippen LogP contribution in [0.15, 0.2) is 29.2 Å². The second-order valence-corrected chi connectivity index (χ2v) is 7.22. The van der Waals surface area contributed by atoms with E-state index < -0.39 is 21.7 Å². The van der Waals surface area contributed by atoms with Crippen molar-refractivity contribution in [2.24, 2.45) is 0 Å². The lowest BCUT2D eigenvalue weighted by Gasteiger charge is -2.31. The van der Waals surface area contributed by atoms with E-state index in [1.807, 2.05) is 6.92 Å². The summed E-state index contributed by atoms with van der Waals surface area (Å²) < 4.78 is 26.5. The lowest BCUT2D eigenvalue weighted by atomic mass is 9.92. The van der Waals surface area contributed by atoms with Gasteiger partial charge in [0.2, 0.25) is 10.0 Å². The smallest absolute Gasteiger partial charge is 0.243 e. The molecular formula is C14H21NO4S. The van der Waals surface area contributed by atoms with Gasteiger partial charge in [-0.15, -0.1) is 0 Å². The van der Waals surface area contributed by atoms with E-state index in [1.54, 1.807) is 31.2 Å². The Kier molecular flexibility index (Phi) is 4.20. The molecule has 2 N–H and O–H groups in total. The lowest BCUT2D eigenvalue weighted by Crippen LogP contribution is -2.48. The Morgan fingerprint density at radius 1 is 1.35 bits per heavy atom. The van der Waals surface area contributed by atoms with Gasteiger partial charge in [0.1, 0.15) is 0 Å². The molecule has 20 heavy (non-hydrogen) atoms. The van der Waals surface area contributed by atoms with Crippen molar-refractivity contribution in [3.8, 4) is 0 Å². The standard InChI is InChI=1S/C14H21NO4S/c1-3-14(17)8-9-15(13(14)10-16)20(18,19)12-6-4-11(2)5-7-12/h4-7,13,16-17H,3,8-10H2,1-2H3/t13-,14-/m1/s1. The molecule has 0 spiro atoms. The molecule has 2 rings (SSSR count). The highest BCUT2D eigenvalue weighted by molar-refractivity contribution is 7.89. The van der Waals surface area contributed by atoms with E-state index in [0.29, 0.717) is 12.8 Å². The topological polar surface area (TPSA) is 77.8 Å². The third-order valence-corrected chi connectivity index (χ3v) is 6.07. The van der Waals surface area contributed by atoms with Gasteiger partial charge in [0.25, 0.3) is 0 Å². The molecule has 1 heterocycles. The minimum Gasteiger partial charge on any atom is -0.395 e. The summed E-state index contributed by atoms with van der Waals surface area (Å²) in [6, 6.07) is 5.82. The number of aryl methyl sites for hydroxylation is 1. The second kappa shape index (κ2) is 5.44. The van der Waals surface area contributed by atoms with Crippen molar-refractivity contribution >= 4 is 10.0 Å². The fourth-order valence-corrected chi connectivity index (χ4v) is 4.38. The summed E-state index contributed by atoms with van der Waals surface area (Å²) in [6.07, 6.45) is 0.762. The molecular weight excluding hydrogens is 278 g/mol. The molecule has 2 atom stereocenters. The van der Waals surface area contributed by atoms with Crippen LogP contribution < -0.4 is 0 Å². The molecule has 0 unspecified atom stereocenters. The van der Waals surface area contributed by atoms with Gasteiger partial charge in [0.05, 0.1) is 23.1 Å². The molecule has 1 aliphatic heterocycles. The highest BCUT2D eigenvalue weighted by Crippen LogP contribution is 2.35. The average Bonchev–Trinajstić information content (AvgIpc) is 2.77. The maximum absolute atomic E-state index is 12.6. The predicted octanol–water partition coefficient (Wildman–Crippen LogP) is 0.891. The molecule has 1 fully saturated rings. The van der Waals surface area contributed by atoms with E-state index in [1.165, 1.54) is 4.31 Å². The van der Waals surface area contributed by atoms with Gasteiger partial charge in [0, 0.05) is 6.54 Å². The molecule has 0 aromatic heterocycles. The summed E-state index contributed by atoms with van der Waals surface area (Å²) in [5.41, 5.74) is -0.166. The van der Waals surface area contributed by atoms with Crippen LogP contribution in [0.25, 0.3) is 0 Å². The first-order chi connectivity index (χ1) is 9.35. The van der Waals surface area contributed by atoms with Crippen molar-refractivity contribution in [2.75, 3.05) is 13.2 Å². The van der Waals surface area contributed by atoms with Crippen molar-refractivity contribution in [1.29, 1.82) is 0 Å². The molecule has 6 heteroatoms. The predicted molar refractivity (Wildman–Crippen MR) is 75.8 cm³/mol. The van der Waals surface area contributed by atoms with Gasteiger partial charge in [-0.25, -0.2) is 8.42 Å². The zero-order valence-corrected chi connectivity index (χ0v) is 12.6. The Morgan fingerprint density at radius 2 is 1.95 bits per heavy atom. The summed E-state index contributed by atoms with van der Waals surface area (Å²) in [7, 11) is -3.68. The monoisotopic (exact) mass is 299 g/mol. The largest absolute Gasteiger partial charge is 0.395 e. The van der Waals surface area contributed by atoms with Gasteiger partial charge in [0.15, 0.2) is 0 Å².